The van der Waals surface area contributed by atoms with Gasteiger partial charge in [-0.1, -0.05) is 23.4 Å². The zero-order valence-corrected chi connectivity index (χ0v) is 12.2. The van der Waals surface area contributed by atoms with Gasteiger partial charge in [-0.3, -0.25) is 4.79 Å². The Balaban J connectivity index is 1.94. The maximum atomic E-state index is 11.8. The van der Waals surface area contributed by atoms with Gasteiger partial charge in [-0.15, -0.1) is 11.8 Å². The molecular formula is C16H13NO3S. The first-order valence-electron chi connectivity index (χ1n) is 6.19. The predicted molar refractivity (Wildman–Crippen MR) is 82.9 cm³/mol. The summed E-state index contributed by atoms with van der Waals surface area (Å²) in [6.45, 7) is 0. The van der Waals surface area contributed by atoms with Crippen LogP contribution in [0.2, 0.25) is 0 Å². The van der Waals surface area contributed by atoms with Gasteiger partial charge >= 0.3 is 5.97 Å². The molecule has 2 rings (SSSR count). The Bertz CT molecular complexity index is 651. The molecule has 0 radical (unpaired) electrons. The number of benzene rings is 2. The molecule has 21 heavy (non-hydrogen) atoms. The highest BCUT2D eigenvalue weighted by molar-refractivity contribution is 7.98. The van der Waals surface area contributed by atoms with Crippen LogP contribution in [0, 0.1) is 0 Å². The van der Waals surface area contributed by atoms with Gasteiger partial charge in [0.25, 0.3) is 0 Å². The Morgan fingerprint density at radius 3 is 2.29 bits per heavy atom. The summed E-state index contributed by atoms with van der Waals surface area (Å²) in [6, 6.07) is 15.6. The maximum absolute atomic E-state index is 11.8. The minimum atomic E-state index is -0.600. The first-order valence-corrected chi connectivity index (χ1v) is 7.41. The molecule has 0 unspecified atom stereocenters. The van der Waals surface area contributed by atoms with Gasteiger partial charge in [0, 0.05) is 10.5 Å². The first kappa shape index (κ1) is 15.0. The van der Waals surface area contributed by atoms with E-state index in [-0.39, 0.29) is 5.78 Å². The monoisotopic (exact) mass is 299 g/mol. The minimum Gasteiger partial charge on any atom is -0.313 e. The van der Waals surface area contributed by atoms with Gasteiger partial charge in [-0.2, -0.15) is 0 Å². The molecule has 4 nitrogen and oxygen atoms in total. The number of nitrogens with zero attached hydrogens (tertiary/aromatic N) is 1. The van der Waals surface area contributed by atoms with Gasteiger partial charge in [-0.25, -0.2) is 4.79 Å². The number of carbonyl (C=O) groups is 2. The Hall–Kier alpha value is -2.40. The second-order valence-electron chi connectivity index (χ2n) is 4.07. The number of rotatable bonds is 5. The number of Topliss-reactive ketones (excluding diaryl/α,β-unsaturated/α-hetero) is 1. The van der Waals surface area contributed by atoms with E-state index < -0.39 is 5.97 Å². The van der Waals surface area contributed by atoms with Crippen LogP contribution in [-0.2, 0) is 4.84 Å². The van der Waals surface area contributed by atoms with Gasteiger partial charge in [0.2, 0.25) is 5.78 Å². The van der Waals surface area contributed by atoms with Crippen molar-refractivity contribution in [3.8, 4) is 0 Å². The third-order valence-electron chi connectivity index (χ3n) is 2.69. The highest BCUT2D eigenvalue weighted by Crippen LogP contribution is 2.14. The summed E-state index contributed by atoms with van der Waals surface area (Å²) in [6.07, 6.45) is 2.95. The lowest BCUT2D eigenvalue weighted by Gasteiger charge is -1.98. The quantitative estimate of drug-likeness (QED) is 0.279. The summed E-state index contributed by atoms with van der Waals surface area (Å²) in [5.74, 6) is -0.916. The number of ketones is 1. The fourth-order valence-corrected chi connectivity index (χ4v) is 1.99. The number of hydrogen-bond acceptors (Lipinski definition) is 5. The van der Waals surface area contributed by atoms with Crippen LogP contribution in [0.15, 0.2) is 64.6 Å². The normalized spacial score (nSPS) is 10.5. The molecule has 0 amide bonds. The van der Waals surface area contributed by atoms with Gasteiger partial charge < -0.3 is 4.84 Å². The lowest BCUT2D eigenvalue weighted by atomic mass is 10.1. The second-order valence-corrected chi connectivity index (χ2v) is 4.95. The highest BCUT2D eigenvalue weighted by atomic mass is 32.2. The van der Waals surface area contributed by atoms with E-state index in [2.05, 4.69) is 9.99 Å². The van der Waals surface area contributed by atoms with Crippen molar-refractivity contribution in [1.29, 1.82) is 0 Å². The van der Waals surface area contributed by atoms with E-state index in [4.69, 9.17) is 0 Å². The van der Waals surface area contributed by atoms with Crippen LogP contribution in [0.5, 0.6) is 0 Å². The molecule has 0 aliphatic rings. The molecule has 0 aromatic heterocycles. The Morgan fingerprint density at radius 2 is 1.67 bits per heavy atom. The van der Waals surface area contributed by atoms with Gasteiger partial charge in [0.05, 0.1) is 5.56 Å². The molecule has 0 aliphatic carbocycles. The van der Waals surface area contributed by atoms with Gasteiger partial charge in [0.1, 0.15) is 6.21 Å². The topological polar surface area (TPSA) is 55.7 Å². The van der Waals surface area contributed by atoms with Crippen LogP contribution < -0.4 is 0 Å². The van der Waals surface area contributed by atoms with E-state index in [0.717, 1.165) is 11.1 Å². The van der Waals surface area contributed by atoms with Crippen molar-refractivity contribution in [2.24, 2.45) is 5.16 Å². The van der Waals surface area contributed by atoms with Crippen molar-refractivity contribution in [3.63, 3.8) is 0 Å². The molecule has 106 valence electrons. The van der Waals surface area contributed by atoms with E-state index in [0.29, 0.717) is 11.1 Å². The summed E-state index contributed by atoms with van der Waals surface area (Å²) in [4.78, 5) is 29.2. The molecule has 0 bridgehead atoms. The van der Waals surface area contributed by atoms with Crippen molar-refractivity contribution in [3.05, 3.63) is 65.7 Å². The predicted octanol–water partition coefficient (Wildman–Crippen LogP) is 3.43. The third kappa shape index (κ3) is 4.29. The lowest BCUT2D eigenvalue weighted by molar-refractivity contribution is 0.0518. The number of hydrogen-bond donors (Lipinski definition) is 0. The molecular weight excluding hydrogens is 286 g/mol. The summed E-state index contributed by atoms with van der Waals surface area (Å²) >= 11 is 1.59. The summed E-state index contributed by atoms with van der Waals surface area (Å²) < 4.78 is 0. The number of thioether (sulfide) groups is 1. The van der Waals surface area contributed by atoms with Gasteiger partial charge in [0.15, 0.2) is 0 Å². The fraction of sp³-hybridized carbons (Fsp3) is 0.0625. The van der Waals surface area contributed by atoms with Crippen molar-refractivity contribution in [1.82, 2.24) is 0 Å². The molecule has 0 spiro atoms. The summed E-state index contributed by atoms with van der Waals surface area (Å²) in [5.41, 5.74) is 0.874. The molecule has 0 saturated carbocycles. The zero-order valence-electron chi connectivity index (χ0n) is 11.4. The van der Waals surface area contributed by atoms with Crippen LogP contribution in [0.4, 0.5) is 0 Å². The van der Waals surface area contributed by atoms with Crippen molar-refractivity contribution in [2.75, 3.05) is 6.26 Å². The van der Waals surface area contributed by atoms with Crippen molar-refractivity contribution >= 4 is 29.7 Å². The molecule has 5 heteroatoms. The number of carbonyl (C=O) groups excluding carboxylic acids is 2. The molecule has 0 fully saturated rings. The zero-order chi connectivity index (χ0) is 15.1. The smallest absolute Gasteiger partial charge is 0.313 e. The standard InChI is InChI=1S/C16H13NO3S/c1-21-14-9-7-12(8-10-14)15(18)11-17-20-16(19)13-5-3-2-4-6-13/h2-11H,1H3/b17-11+. The average molecular weight is 299 g/mol. The second kappa shape index (κ2) is 7.40. The summed E-state index contributed by atoms with van der Waals surface area (Å²) in [7, 11) is 0. The van der Waals surface area contributed by atoms with E-state index in [1.807, 2.05) is 18.4 Å². The Labute approximate surface area is 126 Å². The largest absolute Gasteiger partial charge is 0.365 e. The number of oxime groups is 1. The van der Waals surface area contributed by atoms with Crippen LogP contribution >= 0.6 is 11.8 Å². The van der Waals surface area contributed by atoms with E-state index >= 15 is 0 Å². The molecule has 0 saturated heterocycles. The van der Waals surface area contributed by atoms with E-state index in [1.54, 1.807) is 54.2 Å². The van der Waals surface area contributed by atoms with E-state index in [9.17, 15) is 9.59 Å². The Morgan fingerprint density at radius 1 is 1.00 bits per heavy atom. The molecule has 2 aromatic carbocycles. The minimum absolute atomic E-state index is 0.316. The van der Waals surface area contributed by atoms with Crippen LogP contribution in [0.3, 0.4) is 0 Å². The van der Waals surface area contributed by atoms with Crippen LogP contribution in [0.25, 0.3) is 0 Å². The van der Waals surface area contributed by atoms with Crippen LogP contribution in [0.1, 0.15) is 20.7 Å². The average Bonchev–Trinajstić information content (AvgIpc) is 2.55. The molecule has 0 N–H and O–H groups in total. The SMILES string of the molecule is CSc1ccc(C(=O)/C=N/OC(=O)c2ccccc2)cc1. The maximum Gasteiger partial charge on any atom is 0.365 e. The van der Waals surface area contributed by atoms with Crippen molar-refractivity contribution < 1.29 is 14.4 Å². The highest BCUT2D eigenvalue weighted by Gasteiger charge is 2.06. The first-order chi connectivity index (χ1) is 10.2. The van der Waals surface area contributed by atoms with Gasteiger partial charge in [-0.05, 0) is 42.7 Å². The molecule has 0 heterocycles. The molecule has 0 atom stereocenters. The van der Waals surface area contributed by atoms with Crippen LogP contribution in [-0.4, -0.2) is 24.2 Å². The summed E-state index contributed by atoms with van der Waals surface area (Å²) in [5, 5.41) is 3.44. The van der Waals surface area contributed by atoms with E-state index in [1.165, 1.54) is 0 Å². The molecule has 0 aliphatic heterocycles. The fourth-order valence-electron chi connectivity index (χ4n) is 1.58. The molecule has 2 aromatic rings. The lowest BCUT2D eigenvalue weighted by Crippen LogP contribution is -2.04. The third-order valence-corrected chi connectivity index (χ3v) is 3.43. The Kier molecular flexibility index (Phi) is 5.29. The van der Waals surface area contributed by atoms with Crippen molar-refractivity contribution in [2.45, 2.75) is 4.90 Å².